The number of amides is 1. The van der Waals surface area contributed by atoms with E-state index in [1.807, 2.05) is 12.1 Å². The van der Waals surface area contributed by atoms with E-state index >= 15 is 0 Å². The Kier molecular flexibility index (Phi) is 5.00. The van der Waals surface area contributed by atoms with Gasteiger partial charge in [-0.15, -0.1) is 0 Å². The van der Waals surface area contributed by atoms with Crippen LogP contribution in [0.3, 0.4) is 0 Å². The van der Waals surface area contributed by atoms with Gasteiger partial charge in [0.05, 0.1) is 12.8 Å². The predicted octanol–water partition coefficient (Wildman–Crippen LogP) is 1.42. The number of carbonyl (C=O) groups excluding carboxylic acids is 1. The second-order valence-corrected chi connectivity index (χ2v) is 4.02. The molecule has 6 heteroatoms. The van der Waals surface area contributed by atoms with E-state index in [4.69, 9.17) is 13.9 Å². The van der Waals surface area contributed by atoms with Crippen LogP contribution in [0, 0.1) is 0 Å². The van der Waals surface area contributed by atoms with Gasteiger partial charge >= 0.3 is 0 Å². The van der Waals surface area contributed by atoms with Crippen LogP contribution in [0.5, 0.6) is 11.5 Å². The number of benzene rings is 1. The maximum absolute atomic E-state index is 11.6. The van der Waals surface area contributed by atoms with E-state index in [0.29, 0.717) is 24.5 Å². The van der Waals surface area contributed by atoms with E-state index in [9.17, 15) is 4.79 Å². The highest BCUT2D eigenvalue weighted by atomic mass is 16.5. The van der Waals surface area contributed by atoms with Gasteiger partial charge in [-0.1, -0.05) is 12.1 Å². The summed E-state index contributed by atoms with van der Waals surface area (Å²) in [5.74, 6) is 0.948. The molecule has 0 aliphatic carbocycles. The van der Waals surface area contributed by atoms with Crippen molar-refractivity contribution in [1.82, 2.24) is 10.3 Å². The summed E-state index contributed by atoms with van der Waals surface area (Å²) >= 11 is 0. The van der Waals surface area contributed by atoms with Crippen molar-refractivity contribution in [3.05, 3.63) is 42.6 Å². The maximum atomic E-state index is 11.6. The van der Waals surface area contributed by atoms with Gasteiger partial charge in [0.2, 0.25) is 0 Å². The van der Waals surface area contributed by atoms with E-state index in [-0.39, 0.29) is 12.5 Å². The van der Waals surface area contributed by atoms with Crippen LogP contribution in [0.2, 0.25) is 0 Å². The Balaban J connectivity index is 1.72. The molecule has 6 nitrogen and oxygen atoms in total. The van der Waals surface area contributed by atoms with Gasteiger partial charge < -0.3 is 19.2 Å². The molecule has 0 bridgehead atoms. The van der Waals surface area contributed by atoms with E-state index in [2.05, 4.69) is 10.3 Å². The first kappa shape index (κ1) is 13.9. The molecule has 0 saturated carbocycles. The number of rotatable bonds is 7. The fourth-order valence-electron chi connectivity index (χ4n) is 1.62. The first-order chi connectivity index (χ1) is 9.79. The average Bonchev–Trinajstić information content (AvgIpc) is 2.98. The third kappa shape index (κ3) is 4.01. The number of methoxy groups -OCH3 is 1. The fraction of sp³-hybridized carbons (Fsp3) is 0.286. The van der Waals surface area contributed by atoms with E-state index < -0.39 is 0 Å². The molecule has 0 atom stereocenters. The molecule has 0 saturated heterocycles. The molecule has 0 unspecified atom stereocenters. The molecule has 1 N–H and O–H groups in total. The van der Waals surface area contributed by atoms with Crippen LogP contribution in [-0.2, 0) is 11.2 Å². The van der Waals surface area contributed by atoms with Crippen molar-refractivity contribution >= 4 is 5.91 Å². The number of hydrogen-bond acceptors (Lipinski definition) is 5. The summed E-state index contributed by atoms with van der Waals surface area (Å²) in [6, 6.07) is 7.18. The quantitative estimate of drug-likeness (QED) is 0.828. The van der Waals surface area contributed by atoms with Crippen LogP contribution < -0.4 is 14.8 Å². The third-order valence-corrected chi connectivity index (χ3v) is 2.61. The monoisotopic (exact) mass is 276 g/mol. The minimum atomic E-state index is -0.195. The molecule has 106 valence electrons. The summed E-state index contributed by atoms with van der Waals surface area (Å²) in [5.41, 5.74) is 0.802. The molecule has 0 aliphatic rings. The summed E-state index contributed by atoms with van der Waals surface area (Å²) in [6.45, 7) is 0.430. The van der Waals surface area contributed by atoms with Crippen molar-refractivity contribution in [3.8, 4) is 11.5 Å². The Morgan fingerprint density at radius 1 is 1.35 bits per heavy atom. The molecule has 2 rings (SSSR count). The molecule has 20 heavy (non-hydrogen) atoms. The van der Waals surface area contributed by atoms with Crippen LogP contribution in [0.25, 0.3) is 0 Å². The van der Waals surface area contributed by atoms with Crippen LogP contribution in [-0.4, -0.2) is 31.2 Å². The van der Waals surface area contributed by atoms with Gasteiger partial charge in [-0.05, 0) is 12.1 Å². The number of ether oxygens (including phenoxy) is 2. The first-order valence-electron chi connectivity index (χ1n) is 6.19. The number of hydrogen-bond donors (Lipinski definition) is 1. The maximum Gasteiger partial charge on any atom is 0.257 e. The smallest absolute Gasteiger partial charge is 0.257 e. The van der Waals surface area contributed by atoms with E-state index in [1.165, 1.54) is 6.39 Å². The van der Waals surface area contributed by atoms with Gasteiger partial charge in [-0.2, -0.15) is 0 Å². The third-order valence-electron chi connectivity index (χ3n) is 2.61. The summed E-state index contributed by atoms with van der Waals surface area (Å²) in [4.78, 5) is 15.6. The zero-order valence-corrected chi connectivity index (χ0v) is 11.2. The minimum absolute atomic E-state index is 0.0564. The van der Waals surface area contributed by atoms with E-state index in [0.717, 1.165) is 5.69 Å². The van der Waals surface area contributed by atoms with Gasteiger partial charge in [0.1, 0.15) is 6.26 Å². The minimum Gasteiger partial charge on any atom is -0.493 e. The Labute approximate surface area is 116 Å². The number of nitrogens with one attached hydrogen (secondary N) is 1. The highest BCUT2D eigenvalue weighted by Gasteiger charge is 2.06. The molecule has 1 aromatic carbocycles. The summed E-state index contributed by atoms with van der Waals surface area (Å²) in [7, 11) is 1.56. The molecule has 1 amide bonds. The summed E-state index contributed by atoms with van der Waals surface area (Å²) in [5, 5.41) is 2.74. The molecule has 2 aromatic rings. The highest BCUT2D eigenvalue weighted by molar-refractivity contribution is 5.77. The Bertz CT molecular complexity index is 540. The molecule has 0 fully saturated rings. The van der Waals surface area contributed by atoms with Crippen molar-refractivity contribution < 1.29 is 18.7 Å². The molecule has 0 aliphatic heterocycles. The zero-order valence-electron chi connectivity index (χ0n) is 11.2. The number of nitrogens with zero attached hydrogens (tertiary/aromatic N) is 1. The molecule has 1 aromatic heterocycles. The normalized spacial score (nSPS) is 10.1. The average molecular weight is 276 g/mol. The number of carbonyl (C=O) groups is 1. The first-order valence-corrected chi connectivity index (χ1v) is 6.19. The van der Waals surface area contributed by atoms with Crippen molar-refractivity contribution in [1.29, 1.82) is 0 Å². The summed E-state index contributed by atoms with van der Waals surface area (Å²) in [6.07, 6.45) is 3.54. The fourth-order valence-corrected chi connectivity index (χ4v) is 1.62. The molecular weight excluding hydrogens is 260 g/mol. The Morgan fingerprint density at radius 3 is 2.85 bits per heavy atom. The van der Waals surface area contributed by atoms with Crippen LogP contribution in [0.15, 0.2) is 41.3 Å². The van der Waals surface area contributed by atoms with Crippen molar-refractivity contribution in [2.75, 3.05) is 20.3 Å². The Hall–Kier alpha value is -2.50. The van der Waals surface area contributed by atoms with E-state index in [1.54, 1.807) is 25.5 Å². The van der Waals surface area contributed by atoms with Crippen LogP contribution in [0.4, 0.5) is 0 Å². The SMILES string of the molecule is COc1ccccc1OCC(=O)NCCc1cocn1. The topological polar surface area (TPSA) is 73.6 Å². The van der Waals surface area contributed by atoms with Gasteiger partial charge in [0.15, 0.2) is 24.5 Å². The second-order valence-electron chi connectivity index (χ2n) is 4.02. The molecule has 0 spiro atoms. The van der Waals surface area contributed by atoms with Crippen molar-refractivity contribution in [2.24, 2.45) is 0 Å². The lowest BCUT2D eigenvalue weighted by Gasteiger charge is -2.10. The van der Waals surface area contributed by atoms with Crippen LogP contribution >= 0.6 is 0 Å². The summed E-state index contributed by atoms with van der Waals surface area (Å²) < 4.78 is 15.4. The van der Waals surface area contributed by atoms with Gasteiger partial charge in [0.25, 0.3) is 5.91 Å². The van der Waals surface area contributed by atoms with Crippen LogP contribution in [0.1, 0.15) is 5.69 Å². The zero-order chi connectivity index (χ0) is 14.2. The van der Waals surface area contributed by atoms with Crippen molar-refractivity contribution in [2.45, 2.75) is 6.42 Å². The molecule has 1 heterocycles. The van der Waals surface area contributed by atoms with Gasteiger partial charge in [-0.3, -0.25) is 4.79 Å². The lowest BCUT2D eigenvalue weighted by atomic mass is 10.3. The van der Waals surface area contributed by atoms with Gasteiger partial charge in [-0.25, -0.2) is 4.98 Å². The number of aromatic nitrogens is 1. The predicted molar refractivity (Wildman–Crippen MR) is 71.7 cm³/mol. The largest absolute Gasteiger partial charge is 0.493 e. The molecule has 0 radical (unpaired) electrons. The lowest BCUT2D eigenvalue weighted by molar-refractivity contribution is -0.123. The number of oxazole rings is 1. The standard InChI is InChI=1S/C14H16N2O4/c1-18-12-4-2-3-5-13(12)20-9-14(17)15-7-6-11-8-19-10-16-11/h2-5,8,10H,6-7,9H2,1H3,(H,15,17). The van der Waals surface area contributed by atoms with Crippen molar-refractivity contribution in [3.63, 3.8) is 0 Å². The van der Waals surface area contributed by atoms with Gasteiger partial charge in [0, 0.05) is 13.0 Å². The molecular formula is C14H16N2O4. The Morgan fingerprint density at radius 2 is 2.15 bits per heavy atom. The number of para-hydroxylation sites is 2. The highest BCUT2D eigenvalue weighted by Crippen LogP contribution is 2.25. The lowest BCUT2D eigenvalue weighted by Crippen LogP contribution is -2.30. The second kappa shape index (κ2) is 7.18.